The highest BCUT2D eigenvalue weighted by Crippen LogP contribution is 2.26. The quantitative estimate of drug-likeness (QED) is 0.437. The van der Waals surface area contributed by atoms with E-state index in [1.165, 1.54) is 5.56 Å². The molecule has 0 fully saturated rings. The second-order valence-corrected chi connectivity index (χ2v) is 6.26. The maximum Gasteiger partial charge on any atom is 0.191 e. The van der Waals surface area contributed by atoms with Crippen LogP contribution in [0.15, 0.2) is 60.0 Å². The van der Waals surface area contributed by atoms with Crippen LogP contribution in [0.4, 0.5) is 0 Å². The summed E-state index contributed by atoms with van der Waals surface area (Å²) in [6.45, 7) is 1.55. The summed E-state index contributed by atoms with van der Waals surface area (Å²) >= 11 is 1.71. The molecule has 132 valence electrons. The van der Waals surface area contributed by atoms with Crippen LogP contribution in [0, 0.1) is 0 Å². The van der Waals surface area contributed by atoms with Crippen molar-refractivity contribution in [2.45, 2.75) is 23.9 Å². The molecule has 0 aliphatic carbocycles. The first-order chi connectivity index (χ1) is 11.9. The molecule has 0 atom stereocenters. The van der Waals surface area contributed by atoms with E-state index in [1.807, 2.05) is 18.2 Å². The maximum atomic E-state index is 5.18. The van der Waals surface area contributed by atoms with Crippen LogP contribution in [0.25, 0.3) is 11.4 Å². The molecule has 7 heteroatoms. The van der Waals surface area contributed by atoms with Crippen molar-refractivity contribution in [1.82, 2.24) is 19.7 Å². The number of aromatic nitrogens is 4. The van der Waals surface area contributed by atoms with Crippen molar-refractivity contribution >= 4 is 24.2 Å². The Balaban J connectivity index is 0.00000225. The monoisotopic (exact) mass is 376 g/mol. The van der Waals surface area contributed by atoms with Crippen LogP contribution in [0.2, 0.25) is 0 Å². The molecule has 0 saturated heterocycles. The number of pyridine rings is 1. The molecular weight excluding hydrogens is 356 g/mol. The average Bonchev–Trinajstić information content (AvgIpc) is 3.05. The van der Waals surface area contributed by atoms with Crippen LogP contribution in [0.3, 0.4) is 0 Å². The summed E-state index contributed by atoms with van der Waals surface area (Å²) in [7, 11) is 1.72. The summed E-state index contributed by atoms with van der Waals surface area (Å²) in [5, 5.41) is 9.73. The SMILES string of the molecule is COCCCn1c(SCc2ccccc2)nnc1-c1ccncc1.Cl. The van der Waals surface area contributed by atoms with Crippen LogP contribution < -0.4 is 0 Å². The molecule has 2 heterocycles. The molecule has 25 heavy (non-hydrogen) atoms. The molecule has 0 radical (unpaired) electrons. The summed E-state index contributed by atoms with van der Waals surface area (Å²) in [4.78, 5) is 4.08. The van der Waals surface area contributed by atoms with Crippen molar-refractivity contribution in [3.63, 3.8) is 0 Å². The van der Waals surface area contributed by atoms with Gasteiger partial charge in [-0.05, 0) is 24.1 Å². The molecule has 3 rings (SSSR count). The Hall–Kier alpha value is -1.89. The van der Waals surface area contributed by atoms with E-state index in [0.29, 0.717) is 0 Å². The number of nitrogens with zero attached hydrogens (tertiary/aromatic N) is 4. The summed E-state index contributed by atoms with van der Waals surface area (Å²) in [6.07, 6.45) is 4.48. The van der Waals surface area contributed by atoms with Gasteiger partial charge < -0.3 is 9.30 Å². The van der Waals surface area contributed by atoms with Crippen LogP contribution >= 0.6 is 24.2 Å². The molecular formula is C18H21ClN4OS. The van der Waals surface area contributed by atoms with Gasteiger partial charge in [-0.15, -0.1) is 22.6 Å². The number of hydrogen-bond donors (Lipinski definition) is 0. The molecule has 0 unspecified atom stereocenters. The van der Waals surface area contributed by atoms with Crippen molar-refractivity contribution in [1.29, 1.82) is 0 Å². The topological polar surface area (TPSA) is 52.8 Å². The predicted octanol–water partition coefficient (Wildman–Crippen LogP) is 4.09. The van der Waals surface area contributed by atoms with Gasteiger partial charge >= 0.3 is 0 Å². The van der Waals surface area contributed by atoms with E-state index in [4.69, 9.17) is 4.74 Å². The van der Waals surface area contributed by atoms with E-state index in [2.05, 4.69) is 44.0 Å². The van der Waals surface area contributed by atoms with Gasteiger partial charge in [0.05, 0.1) is 0 Å². The molecule has 0 bridgehead atoms. The van der Waals surface area contributed by atoms with Crippen LogP contribution in [-0.4, -0.2) is 33.5 Å². The fraction of sp³-hybridized carbons (Fsp3) is 0.278. The summed E-state index contributed by atoms with van der Waals surface area (Å²) in [5.41, 5.74) is 2.31. The Labute approximate surface area is 158 Å². The summed E-state index contributed by atoms with van der Waals surface area (Å²) < 4.78 is 7.35. The molecule has 0 aliphatic rings. The second-order valence-electron chi connectivity index (χ2n) is 5.31. The van der Waals surface area contributed by atoms with Gasteiger partial charge in [0.1, 0.15) is 0 Å². The normalized spacial score (nSPS) is 10.4. The van der Waals surface area contributed by atoms with Gasteiger partial charge in [0.2, 0.25) is 0 Å². The Morgan fingerprint density at radius 3 is 2.52 bits per heavy atom. The molecule has 1 aromatic carbocycles. The highest BCUT2D eigenvalue weighted by Gasteiger charge is 2.14. The van der Waals surface area contributed by atoms with Crippen LogP contribution in [0.5, 0.6) is 0 Å². The number of ether oxygens (including phenoxy) is 1. The van der Waals surface area contributed by atoms with Crippen molar-refractivity contribution in [2.24, 2.45) is 0 Å². The largest absolute Gasteiger partial charge is 0.385 e. The predicted molar refractivity (Wildman–Crippen MR) is 103 cm³/mol. The lowest BCUT2D eigenvalue weighted by molar-refractivity contribution is 0.189. The second kappa shape index (κ2) is 10.2. The van der Waals surface area contributed by atoms with Gasteiger partial charge in [0.15, 0.2) is 11.0 Å². The van der Waals surface area contributed by atoms with Crippen molar-refractivity contribution < 1.29 is 4.74 Å². The lowest BCUT2D eigenvalue weighted by Crippen LogP contribution is -2.05. The number of thioether (sulfide) groups is 1. The highest BCUT2D eigenvalue weighted by molar-refractivity contribution is 7.98. The molecule has 0 saturated carbocycles. The number of hydrogen-bond acceptors (Lipinski definition) is 5. The molecule has 3 aromatic rings. The van der Waals surface area contributed by atoms with Gasteiger partial charge in [0.25, 0.3) is 0 Å². The van der Waals surface area contributed by atoms with E-state index in [9.17, 15) is 0 Å². The fourth-order valence-corrected chi connectivity index (χ4v) is 3.32. The third-order valence-electron chi connectivity index (χ3n) is 3.60. The molecule has 5 nitrogen and oxygen atoms in total. The fourth-order valence-electron chi connectivity index (χ4n) is 2.40. The summed E-state index contributed by atoms with van der Waals surface area (Å²) in [6, 6.07) is 14.3. The smallest absolute Gasteiger partial charge is 0.191 e. The Kier molecular flexibility index (Phi) is 7.91. The van der Waals surface area contributed by atoms with Gasteiger partial charge in [-0.25, -0.2) is 0 Å². The Bertz CT molecular complexity index is 752. The van der Waals surface area contributed by atoms with E-state index in [1.54, 1.807) is 31.3 Å². The number of benzene rings is 1. The molecule has 0 N–H and O–H groups in total. The standard InChI is InChI=1S/C18H20N4OS.ClH/c1-23-13-5-12-22-17(16-8-10-19-11-9-16)20-21-18(22)24-14-15-6-3-2-4-7-15;/h2-4,6-11H,5,12-14H2,1H3;1H. The third-order valence-corrected chi connectivity index (χ3v) is 4.63. The van der Waals surface area contributed by atoms with Crippen molar-refractivity contribution in [2.75, 3.05) is 13.7 Å². The minimum atomic E-state index is 0. The summed E-state index contributed by atoms with van der Waals surface area (Å²) in [5.74, 6) is 1.75. The average molecular weight is 377 g/mol. The zero-order valence-corrected chi connectivity index (χ0v) is 15.7. The highest BCUT2D eigenvalue weighted by atomic mass is 35.5. The van der Waals surface area contributed by atoms with E-state index < -0.39 is 0 Å². The van der Waals surface area contributed by atoms with E-state index in [0.717, 1.165) is 41.9 Å². The zero-order valence-electron chi connectivity index (χ0n) is 14.0. The Morgan fingerprint density at radius 2 is 1.80 bits per heavy atom. The first-order valence-corrected chi connectivity index (χ1v) is 8.86. The molecule has 0 aliphatic heterocycles. The van der Waals surface area contributed by atoms with Gasteiger partial charge in [-0.2, -0.15) is 0 Å². The maximum absolute atomic E-state index is 5.18. The Morgan fingerprint density at radius 1 is 1.04 bits per heavy atom. The minimum Gasteiger partial charge on any atom is -0.385 e. The molecule has 0 amide bonds. The minimum absolute atomic E-state index is 0. The van der Waals surface area contributed by atoms with Crippen LogP contribution in [-0.2, 0) is 17.0 Å². The lowest BCUT2D eigenvalue weighted by Gasteiger charge is -2.10. The van der Waals surface area contributed by atoms with E-state index in [-0.39, 0.29) is 12.4 Å². The molecule has 2 aromatic heterocycles. The van der Waals surface area contributed by atoms with Gasteiger partial charge in [0, 0.05) is 44.0 Å². The number of halogens is 1. The van der Waals surface area contributed by atoms with Gasteiger partial charge in [-0.3, -0.25) is 4.98 Å². The first-order valence-electron chi connectivity index (χ1n) is 7.88. The van der Waals surface area contributed by atoms with E-state index >= 15 is 0 Å². The number of methoxy groups -OCH3 is 1. The van der Waals surface area contributed by atoms with Crippen LogP contribution in [0.1, 0.15) is 12.0 Å². The lowest BCUT2D eigenvalue weighted by atomic mass is 10.2. The first kappa shape index (κ1) is 19.4. The van der Waals surface area contributed by atoms with Crippen molar-refractivity contribution in [3.05, 3.63) is 60.4 Å². The third kappa shape index (κ3) is 5.29. The number of rotatable bonds is 8. The molecule has 0 spiro atoms. The zero-order chi connectivity index (χ0) is 16.6. The van der Waals surface area contributed by atoms with Crippen molar-refractivity contribution in [3.8, 4) is 11.4 Å². The van der Waals surface area contributed by atoms with Gasteiger partial charge in [-0.1, -0.05) is 42.1 Å².